The van der Waals surface area contributed by atoms with Gasteiger partial charge in [0.2, 0.25) is 0 Å². The number of nitrogens with two attached hydrogens (primary N) is 1. The third kappa shape index (κ3) is 3.39. The monoisotopic (exact) mass is 313 g/mol. The van der Waals surface area contributed by atoms with E-state index in [-0.39, 0.29) is 17.1 Å². The van der Waals surface area contributed by atoms with Crippen molar-refractivity contribution in [2.24, 2.45) is 5.73 Å². The Morgan fingerprint density at radius 2 is 2.06 bits per heavy atom. The lowest BCUT2D eigenvalue weighted by Gasteiger charge is -2.22. The molecule has 1 aliphatic carbocycles. The van der Waals surface area contributed by atoms with Crippen LogP contribution in [0.25, 0.3) is 0 Å². The summed E-state index contributed by atoms with van der Waals surface area (Å²) in [5.74, 6) is -0.171. The molecule has 0 spiro atoms. The number of halogens is 2. The highest BCUT2D eigenvalue weighted by Gasteiger charge is 2.31. The SMILES string of the molecule is NC1(CC(=O)Cc2ccc(F)c(Br)c2)CCCC1. The van der Waals surface area contributed by atoms with Gasteiger partial charge in [-0.15, -0.1) is 0 Å². The molecule has 1 aromatic carbocycles. The van der Waals surface area contributed by atoms with Crippen molar-refractivity contribution >= 4 is 21.7 Å². The van der Waals surface area contributed by atoms with E-state index >= 15 is 0 Å². The van der Waals surface area contributed by atoms with Crippen LogP contribution in [0.4, 0.5) is 4.39 Å². The second-order valence-electron chi connectivity index (χ2n) is 5.21. The van der Waals surface area contributed by atoms with Crippen molar-refractivity contribution in [1.82, 2.24) is 0 Å². The molecule has 1 aromatic rings. The van der Waals surface area contributed by atoms with E-state index in [0.29, 0.717) is 17.3 Å². The Labute approximate surface area is 115 Å². The van der Waals surface area contributed by atoms with E-state index in [0.717, 1.165) is 31.2 Å². The summed E-state index contributed by atoms with van der Waals surface area (Å²) in [7, 11) is 0. The van der Waals surface area contributed by atoms with Gasteiger partial charge in [-0.05, 0) is 46.5 Å². The largest absolute Gasteiger partial charge is 0.325 e. The Bertz CT molecular complexity index is 455. The van der Waals surface area contributed by atoms with Crippen molar-refractivity contribution in [3.05, 3.63) is 34.1 Å². The van der Waals surface area contributed by atoms with Crippen molar-refractivity contribution in [3.63, 3.8) is 0 Å². The normalized spacial score (nSPS) is 17.9. The summed E-state index contributed by atoms with van der Waals surface area (Å²) >= 11 is 3.12. The van der Waals surface area contributed by atoms with E-state index in [2.05, 4.69) is 15.9 Å². The minimum atomic E-state index is -0.308. The van der Waals surface area contributed by atoms with E-state index < -0.39 is 0 Å². The Hall–Kier alpha value is -0.740. The minimum Gasteiger partial charge on any atom is -0.325 e. The highest BCUT2D eigenvalue weighted by molar-refractivity contribution is 9.10. The van der Waals surface area contributed by atoms with Crippen LogP contribution >= 0.6 is 15.9 Å². The maximum atomic E-state index is 13.1. The van der Waals surface area contributed by atoms with Crippen LogP contribution in [0.2, 0.25) is 0 Å². The van der Waals surface area contributed by atoms with Crippen molar-refractivity contribution in [1.29, 1.82) is 0 Å². The van der Waals surface area contributed by atoms with Gasteiger partial charge < -0.3 is 5.73 Å². The molecule has 0 saturated heterocycles. The van der Waals surface area contributed by atoms with E-state index in [9.17, 15) is 9.18 Å². The van der Waals surface area contributed by atoms with Crippen LogP contribution in [-0.2, 0) is 11.2 Å². The summed E-state index contributed by atoms with van der Waals surface area (Å²) < 4.78 is 13.5. The minimum absolute atomic E-state index is 0.137. The molecule has 2 nitrogen and oxygen atoms in total. The number of hydrogen-bond acceptors (Lipinski definition) is 2. The van der Waals surface area contributed by atoms with Crippen LogP contribution in [0.15, 0.2) is 22.7 Å². The Balaban J connectivity index is 1.96. The predicted molar refractivity (Wildman–Crippen MR) is 72.8 cm³/mol. The summed E-state index contributed by atoms with van der Waals surface area (Å²) in [6.07, 6.45) is 4.87. The van der Waals surface area contributed by atoms with Gasteiger partial charge in [0.1, 0.15) is 11.6 Å². The second kappa shape index (κ2) is 5.49. The first-order valence-electron chi connectivity index (χ1n) is 6.23. The number of carbonyl (C=O) groups is 1. The molecule has 18 heavy (non-hydrogen) atoms. The molecule has 0 bridgehead atoms. The molecule has 1 aliphatic rings. The fourth-order valence-corrected chi connectivity index (χ4v) is 3.01. The van der Waals surface area contributed by atoms with Gasteiger partial charge in [0.05, 0.1) is 4.47 Å². The van der Waals surface area contributed by atoms with Gasteiger partial charge in [0.25, 0.3) is 0 Å². The zero-order chi connectivity index (χ0) is 13.2. The molecular formula is C14H17BrFNO. The molecule has 1 saturated carbocycles. The summed E-state index contributed by atoms with van der Waals surface area (Å²) in [6, 6.07) is 4.68. The third-order valence-electron chi connectivity index (χ3n) is 3.53. The van der Waals surface area contributed by atoms with Gasteiger partial charge >= 0.3 is 0 Å². The van der Waals surface area contributed by atoms with E-state index in [1.807, 2.05) is 0 Å². The summed E-state index contributed by atoms with van der Waals surface area (Å²) in [6.45, 7) is 0. The maximum absolute atomic E-state index is 13.1. The lowest BCUT2D eigenvalue weighted by molar-refractivity contribution is -0.119. The van der Waals surface area contributed by atoms with Gasteiger partial charge in [0, 0.05) is 18.4 Å². The number of Topliss-reactive ketones (excluding diaryl/α,β-unsaturated/α-hetero) is 1. The van der Waals surface area contributed by atoms with Crippen molar-refractivity contribution in [3.8, 4) is 0 Å². The summed E-state index contributed by atoms with van der Waals surface area (Å²) in [5, 5.41) is 0. The van der Waals surface area contributed by atoms with E-state index in [1.54, 1.807) is 12.1 Å². The lowest BCUT2D eigenvalue weighted by Crippen LogP contribution is -2.39. The van der Waals surface area contributed by atoms with E-state index in [4.69, 9.17) is 5.73 Å². The molecule has 0 aliphatic heterocycles. The van der Waals surface area contributed by atoms with Gasteiger partial charge in [-0.25, -0.2) is 4.39 Å². The number of ketones is 1. The van der Waals surface area contributed by atoms with Crippen molar-refractivity contribution < 1.29 is 9.18 Å². The molecule has 0 aromatic heterocycles. The maximum Gasteiger partial charge on any atom is 0.139 e. The Morgan fingerprint density at radius 1 is 1.39 bits per heavy atom. The number of carbonyl (C=O) groups excluding carboxylic acids is 1. The zero-order valence-electron chi connectivity index (χ0n) is 10.2. The third-order valence-corrected chi connectivity index (χ3v) is 4.14. The predicted octanol–water partition coefficient (Wildman–Crippen LogP) is 3.36. The number of hydrogen-bond donors (Lipinski definition) is 1. The molecule has 1 fully saturated rings. The first kappa shape index (κ1) is 13.7. The summed E-state index contributed by atoms with van der Waals surface area (Å²) in [5.41, 5.74) is 6.71. The van der Waals surface area contributed by atoms with Crippen molar-refractivity contribution in [2.45, 2.75) is 44.1 Å². The highest BCUT2D eigenvalue weighted by atomic mass is 79.9. The smallest absolute Gasteiger partial charge is 0.139 e. The first-order valence-corrected chi connectivity index (χ1v) is 7.02. The topological polar surface area (TPSA) is 43.1 Å². The zero-order valence-corrected chi connectivity index (χ0v) is 11.8. The fraction of sp³-hybridized carbons (Fsp3) is 0.500. The van der Waals surface area contributed by atoms with Crippen LogP contribution in [0, 0.1) is 5.82 Å². The Morgan fingerprint density at radius 3 is 2.67 bits per heavy atom. The van der Waals surface area contributed by atoms with Crippen LogP contribution in [0.5, 0.6) is 0 Å². The molecule has 2 rings (SSSR count). The molecule has 0 heterocycles. The molecular weight excluding hydrogens is 297 g/mol. The van der Waals surface area contributed by atoms with Crippen LogP contribution in [0.1, 0.15) is 37.7 Å². The average molecular weight is 314 g/mol. The van der Waals surface area contributed by atoms with Gasteiger partial charge in [-0.3, -0.25) is 4.79 Å². The molecule has 0 unspecified atom stereocenters. The van der Waals surface area contributed by atoms with Crippen LogP contribution in [-0.4, -0.2) is 11.3 Å². The van der Waals surface area contributed by atoms with Gasteiger partial charge in [-0.1, -0.05) is 18.9 Å². The number of rotatable bonds is 4. The molecule has 0 radical (unpaired) electrons. The average Bonchev–Trinajstić information content (AvgIpc) is 2.70. The molecule has 0 amide bonds. The second-order valence-corrected chi connectivity index (χ2v) is 6.06. The van der Waals surface area contributed by atoms with Gasteiger partial charge in [0.15, 0.2) is 0 Å². The van der Waals surface area contributed by atoms with E-state index in [1.165, 1.54) is 6.07 Å². The van der Waals surface area contributed by atoms with Crippen LogP contribution in [0.3, 0.4) is 0 Å². The lowest BCUT2D eigenvalue weighted by atomic mass is 9.90. The quantitative estimate of drug-likeness (QED) is 0.926. The molecule has 2 N–H and O–H groups in total. The number of benzene rings is 1. The van der Waals surface area contributed by atoms with Crippen molar-refractivity contribution in [2.75, 3.05) is 0 Å². The highest BCUT2D eigenvalue weighted by Crippen LogP contribution is 2.30. The fourth-order valence-electron chi connectivity index (χ4n) is 2.59. The van der Waals surface area contributed by atoms with Crippen LogP contribution < -0.4 is 5.73 Å². The standard InChI is InChI=1S/C14H17BrFNO/c15-12-8-10(3-4-13(12)16)7-11(18)9-14(17)5-1-2-6-14/h3-4,8H,1-2,5-7,9,17H2. The molecule has 4 heteroatoms. The molecule has 98 valence electrons. The van der Waals surface area contributed by atoms with Gasteiger partial charge in [-0.2, -0.15) is 0 Å². The summed E-state index contributed by atoms with van der Waals surface area (Å²) in [4.78, 5) is 12.0. The molecule has 0 atom stereocenters. The first-order chi connectivity index (χ1) is 8.48. The Kier molecular flexibility index (Phi) is 4.17.